The molecular formula is C24H30Cl2N2O2. The number of hydrogen-bond acceptors (Lipinski definition) is 2. The number of aryl methyl sites for hydroxylation is 1. The number of halogens is 2. The summed E-state index contributed by atoms with van der Waals surface area (Å²) in [7, 11) is 0. The third kappa shape index (κ3) is 7.03. The van der Waals surface area contributed by atoms with E-state index in [1.54, 1.807) is 17.0 Å². The van der Waals surface area contributed by atoms with Crippen molar-refractivity contribution < 1.29 is 9.59 Å². The molecule has 4 nitrogen and oxygen atoms in total. The zero-order chi connectivity index (χ0) is 22.1. The number of carbonyl (C=O) groups excluding carboxylic acids is 2. The lowest BCUT2D eigenvalue weighted by Crippen LogP contribution is -2.50. The van der Waals surface area contributed by atoms with Crippen LogP contribution in [0, 0.1) is 0 Å². The smallest absolute Gasteiger partial charge is 0.243 e. The van der Waals surface area contributed by atoms with E-state index in [1.165, 1.54) is 0 Å². The molecule has 2 atom stereocenters. The lowest BCUT2D eigenvalue weighted by molar-refractivity contribution is -0.141. The molecule has 0 aliphatic carbocycles. The molecule has 1 N–H and O–H groups in total. The Hall–Kier alpha value is -2.04. The van der Waals surface area contributed by atoms with Gasteiger partial charge in [-0.15, -0.1) is 0 Å². The van der Waals surface area contributed by atoms with E-state index in [-0.39, 0.29) is 24.3 Å². The normalized spacial score (nSPS) is 12.8. The zero-order valence-electron chi connectivity index (χ0n) is 17.8. The Balaban J connectivity index is 2.21. The van der Waals surface area contributed by atoms with Crippen LogP contribution in [0.3, 0.4) is 0 Å². The van der Waals surface area contributed by atoms with Gasteiger partial charge in [0, 0.05) is 29.1 Å². The van der Waals surface area contributed by atoms with Gasteiger partial charge in [-0.05, 0) is 55.5 Å². The highest BCUT2D eigenvalue weighted by Gasteiger charge is 2.29. The van der Waals surface area contributed by atoms with Gasteiger partial charge in [0.25, 0.3) is 0 Å². The van der Waals surface area contributed by atoms with E-state index in [0.29, 0.717) is 29.4 Å². The van der Waals surface area contributed by atoms with Crippen LogP contribution in [0.15, 0.2) is 48.5 Å². The lowest BCUT2D eigenvalue weighted by Gasteiger charge is -2.31. The Morgan fingerprint density at radius 2 is 1.67 bits per heavy atom. The van der Waals surface area contributed by atoms with Gasteiger partial charge in [0.1, 0.15) is 6.04 Å². The van der Waals surface area contributed by atoms with E-state index in [4.69, 9.17) is 23.2 Å². The summed E-state index contributed by atoms with van der Waals surface area (Å²) in [4.78, 5) is 27.8. The van der Waals surface area contributed by atoms with Crippen LogP contribution in [0.2, 0.25) is 10.0 Å². The number of carbonyl (C=O) groups is 2. The lowest BCUT2D eigenvalue weighted by atomic mass is 10.1. The summed E-state index contributed by atoms with van der Waals surface area (Å²) in [6, 6.07) is 14.4. The monoisotopic (exact) mass is 448 g/mol. The maximum atomic E-state index is 13.2. The molecule has 0 aromatic heterocycles. The Bertz CT molecular complexity index is 839. The number of amides is 2. The molecule has 0 spiro atoms. The van der Waals surface area contributed by atoms with Crippen LogP contribution in [-0.4, -0.2) is 28.8 Å². The summed E-state index contributed by atoms with van der Waals surface area (Å²) < 4.78 is 0. The van der Waals surface area contributed by atoms with E-state index < -0.39 is 6.04 Å². The largest absolute Gasteiger partial charge is 0.352 e. The van der Waals surface area contributed by atoms with Crippen molar-refractivity contribution in [2.24, 2.45) is 0 Å². The third-order valence-electron chi connectivity index (χ3n) is 5.22. The molecule has 0 aliphatic rings. The molecule has 0 saturated heterocycles. The van der Waals surface area contributed by atoms with E-state index in [1.807, 2.05) is 57.2 Å². The van der Waals surface area contributed by atoms with Gasteiger partial charge in [-0.25, -0.2) is 0 Å². The van der Waals surface area contributed by atoms with Gasteiger partial charge in [0.2, 0.25) is 11.8 Å². The summed E-state index contributed by atoms with van der Waals surface area (Å²) in [5, 5.41) is 4.30. The van der Waals surface area contributed by atoms with Crippen molar-refractivity contribution in [1.29, 1.82) is 0 Å². The SMILES string of the molecule is CCC(C)NC(=O)C(CC)N(Cc1ccc(Cl)cc1)C(=O)CCc1ccccc1Cl. The maximum absolute atomic E-state index is 13.2. The molecule has 0 heterocycles. The fraction of sp³-hybridized carbons (Fsp3) is 0.417. The molecule has 2 aromatic carbocycles. The van der Waals surface area contributed by atoms with Crippen LogP contribution < -0.4 is 5.32 Å². The number of nitrogens with zero attached hydrogens (tertiary/aromatic N) is 1. The zero-order valence-corrected chi connectivity index (χ0v) is 19.3. The maximum Gasteiger partial charge on any atom is 0.243 e. The molecule has 2 aromatic rings. The Kier molecular flexibility index (Phi) is 9.67. The van der Waals surface area contributed by atoms with Crippen molar-refractivity contribution in [2.45, 2.75) is 65.1 Å². The Morgan fingerprint density at radius 1 is 1.00 bits per heavy atom. The molecular weight excluding hydrogens is 419 g/mol. The van der Waals surface area contributed by atoms with E-state index in [2.05, 4.69) is 5.32 Å². The first kappa shape index (κ1) is 24.2. The predicted molar refractivity (Wildman–Crippen MR) is 124 cm³/mol. The Morgan fingerprint density at radius 3 is 2.27 bits per heavy atom. The fourth-order valence-corrected chi connectivity index (χ4v) is 3.59. The first-order valence-electron chi connectivity index (χ1n) is 10.4. The highest BCUT2D eigenvalue weighted by molar-refractivity contribution is 6.31. The van der Waals surface area contributed by atoms with Crippen molar-refractivity contribution in [2.75, 3.05) is 0 Å². The predicted octanol–water partition coefficient (Wildman–Crippen LogP) is 5.65. The van der Waals surface area contributed by atoms with Crippen LogP contribution >= 0.6 is 23.2 Å². The standard InChI is InChI=1S/C24H30Cl2N2O2/c1-4-17(3)27-24(30)22(5-2)28(16-18-10-13-20(25)14-11-18)23(29)15-12-19-8-6-7-9-21(19)26/h6-11,13-14,17,22H,4-5,12,15-16H2,1-3H3,(H,27,30). The number of nitrogens with one attached hydrogen (secondary N) is 1. The van der Waals surface area contributed by atoms with Crippen LogP contribution in [0.1, 0.15) is 51.2 Å². The fourth-order valence-electron chi connectivity index (χ4n) is 3.23. The minimum atomic E-state index is -0.534. The van der Waals surface area contributed by atoms with Crippen molar-refractivity contribution in [3.8, 4) is 0 Å². The van der Waals surface area contributed by atoms with Crippen molar-refractivity contribution in [3.63, 3.8) is 0 Å². The molecule has 2 unspecified atom stereocenters. The van der Waals surface area contributed by atoms with Crippen LogP contribution in [0.25, 0.3) is 0 Å². The van der Waals surface area contributed by atoms with E-state index >= 15 is 0 Å². The minimum Gasteiger partial charge on any atom is -0.352 e. The van der Waals surface area contributed by atoms with Crippen LogP contribution in [0.5, 0.6) is 0 Å². The highest BCUT2D eigenvalue weighted by atomic mass is 35.5. The number of hydrogen-bond donors (Lipinski definition) is 1. The van der Waals surface area contributed by atoms with Gasteiger partial charge in [-0.3, -0.25) is 9.59 Å². The number of benzene rings is 2. The first-order chi connectivity index (χ1) is 14.3. The van der Waals surface area contributed by atoms with Gasteiger partial charge >= 0.3 is 0 Å². The summed E-state index contributed by atoms with van der Waals surface area (Å²) in [6.07, 6.45) is 2.18. The van der Waals surface area contributed by atoms with E-state index in [0.717, 1.165) is 17.5 Å². The molecule has 0 aliphatic heterocycles. The summed E-state index contributed by atoms with van der Waals surface area (Å²) in [5.74, 6) is -0.192. The molecule has 30 heavy (non-hydrogen) atoms. The van der Waals surface area contributed by atoms with Crippen molar-refractivity contribution in [3.05, 3.63) is 69.7 Å². The van der Waals surface area contributed by atoms with Gasteiger partial charge in [0.05, 0.1) is 0 Å². The summed E-state index contributed by atoms with van der Waals surface area (Å²) in [6.45, 7) is 6.27. The minimum absolute atomic E-state index is 0.0576. The average molecular weight is 449 g/mol. The average Bonchev–Trinajstić information content (AvgIpc) is 2.74. The molecule has 6 heteroatoms. The summed E-state index contributed by atoms with van der Waals surface area (Å²) >= 11 is 12.2. The van der Waals surface area contributed by atoms with Gasteiger partial charge in [0.15, 0.2) is 0 Å². The molecule has 2 amide bonds. The van der Waals surface area contributed by atoms with Crippen molar-refractivity contribution >= 4 is 35.0 Å². The van der Waals surface area contributed by atoms with Crippen LogP contribution in [0.4, 0.5) is 0 Å². The second kappa shape index (κ2) is 12.0. The second-order valence-corrected chi connectivity index (χ2v) is 8.33. The number of rotatable bonds is 10. The summed E-state index contributed by atoms with van der Waals surface area (Å²) in [5.41, 5.74) is 1.86. The molecule has 2 rings (SSSR count). The van der Waals surface area contributed by atoms with Crippen molar-refractivity contribution in [1.82, 2.24) is 10.2 Å². The van der Waals surface area contributed by atoms with E-state index in [9.17, 15) is 9.59 Å². The highest BCUT2D eigenvalue weighted by Crippen LogP contribution is 2.20. The molecule has 0 saturated carbocycles. The first-order valence-corrected chi connectivity index (χ1v) is 11.2. The van der Waals surface area contributed by atoms with Gasteiger partial charge < -0.3 is 10.2 Å². The molecule has 0 bridgehead atoms. The molecule has 0 radical (unpaired) electrons. The third-order valence-corrected chi connectivity index (χ3v) is 5.84. The molecule has 162 valence electrons. The van der Waals surface area contributed by atoms with Crippen LogP contribution in [-0.2, 0) is 22.6 Å². The topological polar surface area (TPSA) is 49.4 Å². The quantitative estimate of drug-likeness (QED) is 0.510. The second-order valence-electron chi connectivity index (χ2n) is 7.48. The van der Waals surface area contributed by atoms with Gasteiger partial charge in [-0.1, -0.05) is 67.4 Å². The van der Waals surface area contributed by atoms with Gasteiger partial charge in [-0.2, -0.15) is 0 Å². The molecule has 0 fully saturated rings. The Labute approximate surface area is 189 Å².